The van der Waals surface area contributed by atoms with E-state index in [2.05, 4.69) is 20.7 Å². The van der Waals surface area contributed by atoms with Crippen LogP contribution in [0.4, 0.5) is 13.2 Å². The summed E-state index contributed by atoms with van der Waals surface area (Å²) >= 11 is 3.17. The number of aliphatic hydroxyl groups is 1. The minimum atomic E-state index is -4.78. The van der Waals surface area contributed by atoms with Gasteiger partial charge in [0.15, 0.2) is 0 Å². The van der Waals surface area contributed by atoms with Gasteiger partial charge in [-0.3, -0.25) is 0 Å². The molecule has 19 heavy (non-hydrogen) atoms. The summed E-state index contributed by atoms with van der Waals surface area (Å²) in [6.07, 6.45) is -3.95. The number of hydrogen-bond donors (Lipinski definition) is 2. The zero-order valence-electron chi connectivity index (χ0n) is 9.82. The van der Waals surface area contributed by atoms with Gasteiger partial charge in [0.1, 0.15) is 5.75 Å². The van der Waals surface area contributed by atoms with Crippen LogP contribution in [0.15, 0.2) is 22.7 Å². The molecule has 1 aromatic carbocycles. The highest BCUT2D eigenvalue weighted by Crippen LogP contribution is 2.40. The number of aliphatic hydroxyl groups excluding tert-OH is 1. The molecular formula is C12H13BrF3NO2. The predicted molar refractivity (Wildman–Crippen MR) is 66.5 cm³/mol. The van der Waals surface area contributed by atoms with Crippen LogP contribution in [0, 0.1) is 5.92 Å². The highest BCUT2D eigenvalue weighted by molar-refractivity contribution is 9.10. The van der Waals surface area contributed by atoms with Crippen molar-refractivity contribution in [1.82, 2.24) is 0 Å². The van der Waals surface area contributed by atoms with Crippen molar-refractivity contribution in [2.75, 3.05) is 0 Å². The van der Waals surface area contributed by atoms with Crippen molar-refractivity contribution in [3.8, 4) is 5.75 Å². The van der Waals surface area contributed by atoms with Crippen molar-refractivity contribution in [3.05, 3.63) is 28.2 Å². The molecule has 1 aliphatic carbocycles. The van der Waals surface area contributed by atoms with Crippen LogP contribution in [-0.4, -0.2) is 17.6 Å². The Balaban J connectivity index is 2.28. The first-order valence-electron chi connectivity index (χ1n) is 5.77. The molecule has 0 spiro atoms. The first kappa shape index (κ1) is 14.6. The minimum absolute atomic E-state index is 0.0627. The topological polar surface area (TPSA) is 55.5 Å². The van der Waals surface area contributed by atoms with E-state index in [0.717, 1.165) is 12.8 Å². The van der Waals surface area contributed by atoms with Crippen LogP contribution in [0.2, 0.25) is 0 Å². The molecule has 2 atom stereocenters. The van der Waals surface area contributed by atoms with Crippen molar-refractivity contribution < 1.29 is 23.0 Å². The van der Waals surface area contributed by atoms with Crippen molar-refractivity contribution in [3.63, 3.8) is 0 Å². The second-order valence-corrected chi connectivity index (χ2v) is 5.50. The van der Waals surface area contributed by atoms with Crippen molar-refractivity contribution in [1.29, 1.82) is 0 Å². The first-order chi connectivity index (χ1) is 8.78. The number of halogens is 4. The Bertz CT molecular complexity index is 463. The highest BCUT2D eigenvalue weighted by Gasteiger charge is 2.37. The van der Waals surface area contributed by atoms with E-state index in [1.54, 1.807) is 0 Å². The van der Waals surface area contributed by atoms with Crippen LogP contribution in [0.3, 0.4) is 0 Å². The molecule has 1 aliphatic rings. The van der Waals surface area contributed by atoms with Gasteiger partial charge in [-0.05, 0) is 37.0 Å². The number of alkyl halides is 3. The van der Waals surface area contributed by atoms with Gasteiger partial charge >= 0.3 is 6.36 Å². The second-order valence-electron chi connectivity index (χ2n) is 4.58. The normalized spacial score (nSPS) is 19.1. The number of hydrogen-bond acceptors (Lipinski definition) is 3. The van der Waals surface area contributed by atoms with Crippen molar-refractivity contribution in [2.45, 2.75) is 31.3 Å². The molecule has 0 bridgehead atoms. The Morgan fingerprint density at radius 2 is 2.00 bits per heavy atom. The van der Waals surface area contributed by atoms with Crippen LogP contribution in [-0.2, 0) is 0 Å². The average molecular weight is 340 g/mol. The fraction of sp³-hybridized carbons (Fsp3) is 0.500. The molecule has 2 rings (SSSR count). The number of ether oxygens (including phenoxy) is 1. The van der Waals surface area contributed by atoms with Crippen LogP contribution in [0.1, 0.15) is 24.4 Å². The van der Waals surface area contributed by atoms with Gasteiger partial charge < -0.3 is 15.6 Å². The molecule has 0 aliphatic heterocycles. The summed E-state index contributed by atoms with van der Waals surface area (Å²) in [4.78, 5) is 0. The summed E-state index contributed by atoms with van der Waals surface area (Å²) in [6, 6.07) is 3.16. The summed E-state index contributed by atoms with van der Waals surface area (Å²) in [6.45, 7) is 0. The molecule has 0 aromatic heterocycles. The number of rotatable bonds is 4. The standard InChI is InChI=1S/C12H13BrF3NO2/c13-7-3-4-9(19-12(14,15)16)8(5-7)10(17)11(18)6-1-2-6/h3-6,10-11,18H,1-2,17H2/t10-,11+/m1/s1. The summed E-state index contributed by atoms with van der Waals surface area (Å²) in [5.74, 6) is -0.310. The Morgan fingerprint density at radius 1 is 1.37 bits per heavy atom. The van der Waals surface area contributed by atoms with E-state index >= 15 is 0 Å². The highest BCUT2D eigenvalue weighted by atomic mass is 79.9. The molecular weight excluding hydrogens is 327 g/mol. The zero-order chi connectivity index (χ0) is 14.2. The third kappa shape index (κ3) is 3.84. The Morgan fingerprint density at radius 3 is 2.53 bits per heavy atom. The Labute approximate surface area is 116 Å². The monoisotopic (exact) mass is 339 g/mol. The maximum Gasteiger partial charge on any atom is 0.573 e. The summed E-state index contributed by atoms with van der Waals surface area (Å²) in [5, 5.41) is 9.95. The first-order valence-corrected chi connectivity index (χ1v) is 6.56. The van der Waals surface area contributed by atoms with E-state index in [0.29, 0.717) is 4.47 Å². The maximum atomic E-state index is 12.3. The molecule has 7 heteroatoms. The van der Waals surface area contributed by atoms with E-state index in [4.69, 9.17) is 5.73 Å². The predicted octanol–water partition coefficient (Wildman–Crippen LogP) is 3.12. The van der Waals surface area contributed by atoms with Crippen LogP contribution in [0.5, 0.6) is 5.75 Å². The zero-order valence-corrected chi connectivity index (χ0v) is 11.4. The fourth-order valence-corrected chi connectivity index (χ4v) is 2.29. The lowest BCUT2D eigenvalue weighted by Crippen LogP contribution is -2.29. The van der Waals surface area contributed by atoms with E-state index in [9.17, 15) is 18.3 Å². The van der Waals surface area contributed by atoms with E-state index < -0.39 is 18.5 Å². The Hall–Kier alpha value is -0.790. The van der Waals surface area contributed by atoms with Gasteiger partial charge in [-0.25, -0.2) is 0 Å². The van der Waals surface area contributed by atoms with Gasteiger partial charge in [-0.15, -0.1) is 13.2 Å². The largest absolute Gasteiger partial charge is 0.573 e. The molecule has 106 valence electrons. The van der Waals surface area contributed by atoms with Gasteiger partial charge in [0.05, 0.1) is 12.1 Å². The van der Waals surface area contributed by atoms with Gasteiger partial charge in [-0.2, -0.15) is 0 Å². The van der Waals surface area contributed by atoms with Crippen LogP contribution in [0.25, 0.3) is 0 Å². The van der Waals surface area contributed by atoms with Gasteiger partial charge in [0.2, 0.25) is 0 Å². The van der Waals surface area contributed by atoms with E-state index in [1.165, 1.54) is 18.2 Å². The lowest BCUT2D eigenvalue weighted by atomic mass is 9.98. The molecule has 3 nitrogen and oxygen atoms in total. The maximum absolute atomic E-state index is 12.3. The smallest absolute Gasteiger partial charge is 0.405 e. The SMILES string of the molecule is N[C@H](c1cc(Br)ccc1OC(F)(F)F)[C@@H](O)C1CC1. The number of benzene rings is 1. The second kappa shape index (κ2) is 5.30. The molecule has 1 saturated carbocycles. The summed E-state index contributed by atoms with van der Waals surface area (Å²) in [5.41, 5.74) is 5.99. The van der Waals surface area contributed by atoms with Crippen LogP contribution < -0.4 is 10.5 Å². The molecule has 3 N–H and O–H groups in total. The average Bonchev–Trinajstić information content (AvgIpc) is 3.12. The van der Waals surface area contributed by atoms with E-state index in [1.807, 2.05) is 0 Å². The van der Waals surface area contributed by atoms with Gasteiger partial charge in [-0.1, -0.05) is 15.9 Å². The fourth-order valence-electron chi connectivity index (χ4n) is 1.91. The lowest BCUT2D eigenvalue weighted by molar-refractivity contribution is -0.275. The molecule has 0 saturated heterocycles. The van der Waals surface area contributed by atoms with Crippen molar-refractivity contribution >= 4 is 15.9 Å². The summed E-state index contributed by atoms with van der Waals surface area (Å²) < 4.78 is 41.5. The van der Waals surface area contributed by atoms with Crippen LogP contribution >= 0.6 is 15.9 Å². The third-order valence-corrected chi connectivity index (χ3v) is 3.52. The molecule has 1 fully saturated rings. The lowest BCUT2D eigenvalue weighted by Gasteiger charge is -2.22. The molecule has 1 aromatic rings. The Kier molecular flexibility index (Phi) is 4.08. The summed E-state index contributed by atoms with van der Waals surface area (Å²) in [7, 11) is 0. The molecule has 0 amide bonds. The third-order valence-electron chi connectivity index (χ3n) is 3.03. The van der Waals surface area contributed by atoms with E-state index in [-0.39, 0.29) is 17.2 Å². The molecule has 0 heterocycles. The minimum Gasteiger partial charge on any atom is -0.405 e. The number of nitrogens with two attached hydrogens (primary N) is 1. The van der Waals surface area contributed by atoms with Gasteiger partial charge in [0, 0.05) is 10.0 Å². The van der Waals surface area contributed by atoms with Gasteiger partial charge in [0.25, 0.3) is 0 Å². The quantitative estimate of drug-likeness (QED) is 0.886. The molecule has 0 radical (unpaired) electrons. The van der Waals surface area contributed by atoms with Crippen molar-refractivity contribution in [2.24, 2.45) is 11.7 Å². The molecule has 0 unspecified atom stereocenters.